The Bertz CT molecular complexity index is 435. The van der Waals surface area contributed by atoms with E-state index in [4.69, 9.17) is 5.73 Å². The number of nitrogens with two attached hydrogens (primary N) is 1. The van der Waals surface area contributed by atoms with Crippen molar-refractivity contribution in [1.29, 1.82) is 0 Å². The summed E-state index contributed by atoms with van der Waals surface area (Å²) >= 11 is 1.37. The molecule has 0 radical (unpaired) electrons. The number of thioether (sulfide) groups is 1. The number of primary amides is 1. The molecule has 0 aliphatic heterocycles. The van der Waals surface area contributed by atoms with E-state index >= 15 is 0 Å². The summed E-state index contributed by atoms with van der Waals surface area (Å²) in [7, 11) is 0. The van der Waals surface area contributed by atoms with Crippen LogP contribution in [0.2, 0.25) is 0 Å². The smallest absolute Gasteiger partial charge is 0.318 e. The maximum Gasteiger partial charge on any atom is 0.318 e. The molecule has 98 valence electrons. The van der Waals surface area contributed by atoms with E-state index < -0.39 is 6.03 Å². The highest BCUT2D eigenvalue weighted by Crippen LogP contribution is 2.25. The van der Waals surface area contributed by atoms with Gasteiger partial charge in [-0.25, -0.2) is 4.79 Å². The zero-order chi connectivity index (χ0) is 13.8. The van der Waals surface area contributed by atoms with Gasteiger partial charge < -0.3 is 5.73 Å². The molecule has 4 nitrogen and oxygen atoms in total. The Kier molecular flexibility index (Phi) is 4.78. The maximum absolute atomic E-state index is 11.2. The second kappa shape index (κ2) is 5.91. The van der Waals surface area contributed by atoms with E-state index in [1.807, 2.05) is 29.6 Å². The molecule has 5 heteroatoms. The van der Waals surface area contributed by atoms with Crippen LogP contribution in [0.1, 0.15) is 26.3 Å². The molecule has 0 heterocycles. The molecule has 0 aliphatic rings. The van der Waals surface area contributed by atoms with Crippen LogP contribution in [-0.2, 0) is 10.2 Å². The van der Waals surface area contributed by atoms with Crippen LogP contribution < -0.4 is 11.1 Å². The van der Waals surface area contributed by atoms with E-state index in [1.165, 1.54) is 17.3 Å². The third-order valence-corrected chi connectivity index (χ3v) is 3.36. The van der Waals surface area contributed by atoms with Gasteiger partial charge in [-0.1, -0.05) is 32.9 Å². The predicted molar refractivity (Wildman–Crippen MR) is 73.6 cm³/mol. The molecule has 1 aromatic carbocycles. The third-order valence-electron chi connectivity index (χ3n) is 2.35. The van der Waals surface area contributed by atoms with Crippen LogP contribution in [0.25, 0.3) is 0 Å². The Labute approximate surface area is 111 Å². The number of amides is 3. The minimum absolute atomic E-state index is 0.118. The molecule has 1 aromatic rings. The number of hydrogen-bond donors (Lipinski definition) is 2. The summed E-state index contributed by atoms with van der Waals surface area (Å²) in [4.78, 5) is 22.7. The van der Waals surface area contributed by atoms with Gasteiger partial charge in [-0.05, 0) is 23.1 Å². The van der Waals surface area contributed by atoms with Gasteiger partial charge in [0.2, 0.25) is 5.91 Å². The van der Waals surface area contributed by atoms with Gasteiger partial charge in [-0.15, -0.1) is 11.8 Å². The predicted octanol–water partition coefficient (Wildman–Crippen LogP) is 2.27. The van der Waals surface area contributed by atoms with Crippen LogP contribution in [0.15, 0.2) is 29.2 Å². The summed E-state index contributed by atoms with van der Waals surface area (Å²) < 4.78 is 0. The fraction of sp³-hybridized carbons (Fsp3) is 0.385. The topological polar surface area (TPSA) is 72.2 Å². The number of benzene rings is 1. The molecule has 1 rings (SSSR count). The van der Waals surface area contributed by atoms with Crippen LogP contribution in [0.4, 0.5) is 4.79 Å². The van der Waals surface area contributed by atoms with Gasteiger partial charge in [0, 0.05) is 4.90 Å². The molecule has 0 bridgehead atoms. The highest BCUT2D eigenvalue weighted by molar-refractivity contribution is 8.00. The first-order valence-electron chi connectivity index (χ1n) is 5.61. The second-order valence-electron chi connectivity index (χ2n) is 4.98. The van der Waals surface area contributed by atoms with Crippen molar-refractivity contribution in [2.24, 2.45) is 5.73 Å². The van der Waals surface area contributed by atoms with Crippen molar-refractivity contribution in [3.63, 3.8) is 0 Å². The van der Waals surface area contributed by atoms with Crippen molar-refractivity contribution in [2.45, 2.75) is 31.1 Å². The molecule has 0 saturated carbocycles. The van der Waals surface area contributed by atoms with Crippen LogP contribution in [0.5, 0.6) is 0 Å². The molecule has 0 saturated heterocycles. The lowest BCUT2D eigenvalue weighted by atomic mass is 9.87. The van der Waals surface area contributed by atoms with E-state index in [0.29, 0.717) is 0 Å². The highest BCUT2D eigenvalue weighted by Gasteiger charge is 2.13. The molecular formula is C13H18N2O2S. The summed E-state index contributed by atoms with van der Waals surface area (Å²) in [5, 5.41) is 2.03. The van der Waals surface area contributed by atoms with Crippen LogP contribution in [-0.4, -0.2) is 17.7 Å². The number of imide groups is 1. The average Bonchev–Trinajstić information content (AvgIpc) is 2.25. The SMILES string of the molecule is CC(C)(C)c1ccc(SCC(=O)NC(N)=O)cc1. The molecule has 3 amide bonds. The lowest BCUT2D eigenvalue weighted by Gasteiger charge is -2.18. The molecule has 0 unspecified atom stereocenters. The fourth-order valence-electron chi connectivity index (χ4n) is 1.37. The summed E-state index contributed by atoms with van der Waals surface area (Å²) in [6.07, 6.45) is 0. The Hall–Kier alpha value is -1.49. The zero-order valence-electron chi connectivity index (χ0n) is 10.8. The number of rotatable bonds is 3. The van der Waals surface area contributed by atoms with E-state index in [-0.39, 0.29) is 17.1 Å². The number of carbonyl (C=O) groups is 2. The van der Waals surface area contributed by atoms with Gasteiger partial charge >= 0.3 is 6.03 Å². The Morgan fingerprint density at radius 2 is 1.78 bits per heavy atom. The summed E-state index contributed by atoms with van der Waals surface area (Å²) in [6.45, 7) is 6.44. The van der Waals surface area contributed by atoms with Gasteiger partial charge in [0.1, 0.15) is 0 Å². The summed E-state index contributed by atoms with van der Waals surface area (Å²) in [5.74, 6) is -0.204. The van der Waals surface area contributed by atoms with Gasteiger partial charge in [-0.3, -0.25) is 10.1 Å². The molecule has 0 aromatic heterocycles. The largest absolute Gasteiger partial charge is 0.351 e. The van der Waals surface area contributed by atoms with Crippen LogP contribution in [0.3, 0.4) is 0 Å². The zero-order valence-corrected chi connectivity index (χ0v) is 11.6. The van der Waals surface area contributed by atoms with Crippen LogP contribution in [0, 0.1) is 0 Å². The average molecular weight is 266 g/mol. The van der Waals surface area contributed by atoms with E-state index in [9.17, 15) is 9.59 Å². The molecular weight excluding hydrogens is 248 g/mol. The Morgan fingerprint density at radius 1 is 1.22 bits per heavy atom. The molecule has 0 spiro atoms. The van der Waals surface area contributed by atoms with Crippen molar-refractivity contribution in [1.82, 2.24) is 5.32 Å². The van der Waals surface area contributed by atoms with Gasteiger partial charge in [0.15, 0.2) is 0 Å². The van der Waals surface area contributed by atoms with Crippen LogP contribution >= 0.6 is 11.8 Å². The van der Waals surface area contributed by atoms with E-state index in [0.717, 1.165) is 4.90 Å². The second-order valence-corrected chi connectivity index (χ2v) is 6.02. The Morgan fingerprint density at radius 3 is 2.22 bits per heavy atom. The maximum atomic E-state index is 11.2. The first kappa shape index (κ1) is 14.6. The normalized spacial score (nSPS) is 11.1. The Balaban J connectivity index is 2.54. The summed E-state index contributed by atoms with van der Waals surface area (Å²) in [6, 6.07) is 7.23. The van der Waals surface area contributed by atoms with Crippen molar-refractivity contribution in [3.05, 3.63) is 29.8 Å². The standard InChI is InChI=1S/C13H18N2O2S/c1-13(2,3)9-4-6-10(7-5-9)18-8-11(16)15-12(14)17/h4-7H,8H2,1-3H3,(H3,14,15,16,17). The van der Waals surface area contributed by atoms with E-state index in [1.54, 1.807) is 0 Å². The molecule has 18 heavy (non-hydrogen) atoms. The molecule has 0 fully saturated rings. The van der Waals surface area contributed by atoms with Gasteiger partial charge in [0.25, 0.3) is 0 Å². The number of urea groups is 1. The third kappa shape index (κ3) is 4.79. The van der Waals surface area contributed by atoms with Crippen molar-refractivity contribution >= 4 is 23.7 Å². The minimum atomic E-state index is -0.816. The quantitative estimate of drug-likeness (QED) is 0.824. The van der Waals surface area contributed by atoms with Crippen molar-refractivity contribution in [2.75, 3.05) is 5.75 Å². The highest BCUT2D eigenvalue weighted by atomic mass is 32.2. The molecule has 0 atom stereocenters. The van der Waals surface area contributed by atoms with Gasteiger partial charge in [0.05, 0.1) is 5.75 Å². The monoisotopic (exact) mass is 266 g/mol. The van der Waals surface area contributed by atoms with E-state index in [2.05, 4.69) is 20.8 Å². The van der Waals surface area contributed by atoms with Crippen molar-refractivity contribution < 1.29 is 9.59 Å². The summed E-state index contributed by atoms with van der Waals surface area (Å²) in [5.41, 5.74) is 6.21. The molecule has 3 N–H and O–H groups in total. The number of hydrogen-bond acceptors (Lipinski definition) is 3. The molecule has 0 aliphatic carbocycles. The fourth-order valence-corrected chi connectivity index (χ4v) is 2.07. The number of nitrogens with one attached hydrogen (secondary N) is 1. The lowest BCUT2D eigenvalue weighted by Crippen LogP contribution is -2.36. The van der Waals surface area contributed by atoms with Crippen molar-refractivity contribution in [3.8, 4) is 0 Å². The lowest BCUT2D eigenvalue weighted by molar-refractivity contribution is -0.117. The van der Waals surface area contributed by atoms with Gasteiger partial charge in [-0.2, -0.15) is 0 Å². The number of carbonyl (C=O) groups excluding carboxylic acids is 2. The first-order valence-corrected chi connectivity index (χ1v) is 6.60. The first-order chi connectivity index (χ1) is 8.29. The minimum Gasteiger partial charge on any atom is -0.351 e.